The van der Waals surface area contributed by atoms with Crippen LogP contribution in [0.3, 0.4) is 0 Å². The molecule has 2 aromatic heterocycles. The van der Waals surface area contributed by atoms with Crippen molar-refractivity contribution in [3.05, 3.63) is 56.5 Å². The lowest BCUT2D eigenvalue weighted by Gasteiger charge is -2.16. The van der Waals surface area contributed by atoms with Gasteiger partial charge in [0.25, 0.3) is 5.56 Å². The van der Waals surface area contributed by atoms with Gasteiger partial charge >= 0.3 is 0 Å². The summed E-state index contributed by atoms with van der Waals surface area (Å²) in [5, 5.41) is 3.87. The summed E-state index contributed by atoms with van der Waals surface area (Å²) < 4.78 is 0. The first-order valence-electron chi connectivity index (χ1n) is 7.94. The number of benzene rings is 1. The highest BCUT2D eigenvalue weighted by atomic mass is 32.1. The molecule has 1 N–H and O–H groups in total. The largest absolute Gasteiger partial charge is 0.309 e. The molecule has 0 atom stereocenters. The molecule has 0 saturated carbocycles. The van der Waals surface area contributed by atoms with E-state index in [1.165, 1.54) is 0 Å². The molecule has 0 amide bonds. The first-order valence-corrected chi connectivity index (χ1v) is 8.82. The summed E-state index contributed by atoms with van der Waals surface area (Å²) in [6.07, 6.45) is 0. The highest BCUT2D eigenvalue weighted by molar-refractivity contribution is 7.09. The third-order valence-corrected chi connectivity index (χ3v) is 5.02. The zero-order chi connectivity index (χ0) is 17.3. The van der Waals surface area contributed by atoms with E-state index in [2.05, 4.69) is 41.0 Å². The fourth-order valence-electron chi connectivity index (χ4n) is 2.52. The van der Waals surface area contributed by atoms with Gasteiger partial charge in [-0.3, -0.25) is 9.69 Å². The smallest absolute Gasteiger partial charge is 0.258 e. The number of hydrogen-bond donors (Lipinski definition) is 1. The Labute approximate surface area is 145 Å². The zero-order valence-corrected chi connectivity index (χ0v) is 15.3. The molecule has 0 aliphatic carbocycles. The fraction of sp³-hybridized carbons (Fsp3) is 0.389. The van der Waals surface area contributed by atoms with Crippen LogP contribution in [0.25, 0.3) is 10.9 Å². The van der Waals surface area contributed by atoms with Gasteiger partial charge in [0.15, 0.2) is 0 Å². The van der Waals surface area contributed by atoms with Crippen molar-refractivity contribution in [2.24, 2.45) is 0 Å². The van der Waals surface area contributed by atoms with Crippen LogP contribution in [-0.2, 0) is 18.5 Å². The van der Waals surface area contributed by atoms with Gasteiger partial charge in [-0.05, 0) is 19.2 Å². The molecular weight excluding hydrogens is 320 g/mol. The third kappa shape index (κ3) is 3.71. The SMILES string of the molecule is CN(Cc1csc(C(C)(C)C)n1)Cc1nc2ccccc2c(=O)[nH]1. The molecule has 6 heteroatoms. The number of rotatable bonds is 4. The summed E-state index contributed by atoms with van der Waals surface area (Å²) in [5.41, 5.74) is 1.77. The Balaban J connectivity index is 1.74. The van der Waals surface area contributed by atoms with E-state index in [9.17, 15) is 4.79 Å². The number of thiazole rings is 1. The van der Waals surface area contributed by atoms with Crippen LogP contribution < -0.4 is 5.56 Å². The van der Waals surface area contributed by atoms with Crippen molar-refractivity contribution in [1.82, 2.24) is 19.9 Å². The Morgan fingerprint density at radius 1 is 1.17 bits per heavy atom. The van der Waals surface area contributed by atoms with Gasteiger partial charge in [0, 0.05) is 17.3 Å². The Morgan fingerprint density at radius 2 is 1.92 bits per heavy atom. The van der Waals surface area contributed by atoms with Crippen LogP contribution in [0.4, 0.5) is 0 Å². The monoisotopic (exact) mass is 342 g/mol. The number of H-pyrrole nitrogens is 1. The van der Waals surface area contributed by atoms with Gasteiger partial charge in [-0.2, -0.15) is 0 Å². The van der Waals surface area contributed by atoms with Crippen molar-refractivity contribution in [2.75, 3.05) is 7.05 Å². The molecule has 2 heterocycles. The van der Waals surface area contributed by atoms with E-state index in [1.54, 1.807) is 17.4 Å². The Kier molecular flexibility index (Phi) is 4.51. The van der Waals surface area contributed by atoms with E-state index in [0.717, 1.165) is 22.8 Å². The van der Waals surface area contributed by atoms with Crippen molar-refractivity contribution in [3.8, 4) is 0 Å². The van der Waals surface area contributed by atoms with Gasteiger partial charge in [0.2, 0.25) is 0 Å². The molecule has 0 fully saturated rings. The number of nitrogens with zero attached hydrogens (tertiary/aromatic N) is 3. The predicted octanol–water partition coefficient (Wildman–Crippen LogP) is 3.31. The van der Waals surface area contributed by atoms with E-state index >= 15 is 0 Å². The van der Waals surface area contributed by atoms with Gasteiger partial charge < -0.3 is 4.98 Å². The Hall–Kier alpha value is -2.05. The lowest BCUT2D eigenvalue weighted by Crippen LogP contribution is -2.22. The average Bonchev–Trinajstić information content (AvgIpc) is 2.95. The summed E-state index contributed by atoms with van der Waals surface area (Å²) in [6, 6.07) is 7.40. The van der Waals surface area contributed by atoms with E-state index in [4.69, 9.17) is 4.98 Å². The van der Waals surface area contributed by atoms with Gasteiger partial charge in [-0.25, -0.2) is 9.97 Å². The minimum absolute atomic E-state index is 0.0760. The molecule has 1 aromatic carbocycles. The minimum atomic E-state index is -0.0901. The first-order chi connectivity index (χ1) is 11.3. The van der Waals surface area contributed by atoms with Crippen LogP contribution >= 0.6 is 11.3 Å². The second kappa shape index (κ2) is 6.45. The van der Waals surface area contributed by atoms with Gasteiger partial charge in [-0.1, -0.05) is 32.9 Å². The highest BCUT2D eigenvalue weighted by Crippen LogP contribution is 2.25. The third-order valence-electron chi connectivity index (χ3n) is 3.71. The number of hydrogen-bond acceptors (Lipinski definition) is 5. The Bertz CT molecular complexity index is 907. The molecule has 0 unspecified atom stereocenters. The Morgan fingerprint density at radius 3 is 2.62 bits per heavy atom. The summed E-state index contributed by atoms with van der Waals surface area (Å²) in [6.45, 7) is 7.81. The van der Waals surface area contributed by atoms with Crippen LogP contribution in [0.1, 0.15) is 37.3 Å². The number of fused-ring (bicyclic) bond motifs is 1. The topological polar surface area (TPSA) is 61.9 Å². The molecule has 0 aliphatic heterocycles. The summed E-state index contributed by atoms with van der Waals surface area (Å²) >= 11 is 1.70. The molecule has 3 rings (SSSR count). The van der Waals surface area contributed by atoms with Gasteiger partial charge in [0.05, 0.1) is 28.1 Å². The molecule has 5 nitrogen and oxygen atoms in total. The lowest BCUT2D eigenvalue weighted by molar-refractivity contribution is 0.307. The van der Waals surface area contributed by atoms with Crippen molar-refractivity contribution >= 4 is 22.2 Å². The normalized spacial score (nSPS) is 12.2. The molecule has 126 valence electrons. The minimum Gasteiger partial charge on any atom is -0.309 e. The van der Waals surface area contributed by atoms with E-state index in [0.29, 0.717) is 17.8 Å². The van der Waals surface area contributed by atoms with Crippen molar-refractivity contribution < 1.29 is 0 Å². The second-order valence-corrected chi connectivity index (χ2v) is 7.95. The van der Waals surface area contributed by atoms with Crippen LogP contribution in [0.5, 0.6) is 0 Å². The number of aromatic nitrogens is 3. The summed E-state index contributed by atoms with van der Waals surface area (Å²) in [7, 11) is 2.01. The molecule has 3 aromatic rings. The maximum Gasteiger partial charge on any atom is 0.258 e. The van der Waals surface area contributed by atoms with Gasteiger partial charge in [-0.15, -0.1) is 11.3 Å². The molecule has 0 radical (unpaired) electrons. The highest BCUT2D eigenvalue weighted by Gasteiger charge is 2.18. The quantitative estimate of drug-likeness (QED) is 0.790. The van der Waals surface area contributed by atoms with E-state index in [-0.39, 0.29) is 11.0 Å². The number of para-hydroxylation sites is 1. The van der Waals surface area contributed by atoms with Crippen LogP contribution in [0.15, 0.2) is 34.4 Å². The molecule has 0 spiro atoms. The molecular formula is C18H22N4OS. The van der Waals surface area contributed by atoms with Crippen molar-refractivity contribution in [2.45, 2.75) is 39.3 Å². The summed E-state index contributed by atoms with van der Waals surface area (Å²) in [5.74, 6) is 0.674. The number of aromatic amines is 1. The van der Waals surface area contributed by atoms with Crippen molar-refractivity contribution in [1.29, 1.82) is 0 Å². The standard InChI is InChI=1S/C18H22N4OS/c1-18(2,3)17-19-12(11-24-17)9-22(4)10-15-20-14-8-6-5-7-13(14)16(23)21-15/h5-8,11H,9-10H2,1-4H3,(H,20,21,23). The van der Waals surface area contributed by atoms with Crippen molar-refractivity contribution in [3.63, 3.8) is 0 Å². The van der Waals surface area contributed by atoms with Crippen LogP contribution in [0.2, 0.25) is 0 Å². The number of nitrogens with one attached hydrogen (secondary N) is 1. The van der Waals surface area contributed by atoms with E-state index < -0.39 is 0 Å². The van der Waals surface area contributed by atoms with Gasteiger partial charge in [0.1, 0.15) is 5.82 Å². The lowest BCUT2D eigenvalue weighted by atomic mass is 9.98. The van der Waals surface area contributed by atoms with Crippen LogP contribution in [0, 0.1) is 0 Å². The summed E-state index contributed by atoms with van der Waals surface area (Å²) in [4.78, 5) is 26.4. The fourth-order valence-corrected chi connectivity index (χ4v) is 3.42. The molecule has 0 bridgehead atoms. The maximum atomic E-state index is 12.1. The molecule has 0 aliphatic rings. The maximum absolute atomic E-state index is 12.1. The second-order valence-electron chi connectivity index (χ2n) is 7.10. The molecule has 0 saturated heterocycles. The molecule has 24 heavy (non-hydrogen) atoms. The average molecular weight is 342 g/mol. The van der Waals surface area contributed by atoms with Crippen LogP contribution in [-0.4, -0.2) is 26.9 Å². The zero-order valence-electron chi connectivity index (χ0n) is 14.5. The predicted molar refractivity (Wildman–Crippen MR) is 98.3 cm³/mol. The first kappa shape index (κ1) is 16.8. The van der Waals surface area contributed by atoms with E-state index in [1.807, 2.05) is 25.2 Å².